The number of aromatic nitrogens is 2. The van der Waals surface area contributed by atoms with Crippen LogP contribution in [0.3, 0.4) is 0 Å². The molecule has 0 bridgehead atoms. The molecular formula is C18H22F2N4. The van der Waals surface area contributed by atoms with E-state index in [4.69, 9.17) is 5.73 Å². The molecule has 4 nitrogen and oxygen atoms in total. The first-order valence-corrected chi connectivity index (χ1v) is 8.30. The van der Waals surface area contributed by atoms with Gasteiger partial charge in [0.05, 0.1) is 11.4 Å². The fraction of sp³-hybridized carbons (Fsp3) is 0.444. The Labute approximate surface area is 140 Å². The fourth-order valence-electron chi connectivity index (χ4n) is 3.18. The lowest BCUT2D eigenvalue weighted by Gasteiger charge is -2.34. The van der Waals surface area contributed by atoms with Crippen molar-refractivity contribution >= 4 is 5.69 Å². The van der Waals surface area contributed by atoms with E-state index in [1.54, 1.807) is 36.7 Å². The SMILES string of the molecule is NC1(CNc2ccc(-c3ccncc3)nc2C(F)F)CCCCC1. The summed E-state index contributed by atoms with van der Waals surface area (Å²) in [6.45, 7) is 0.489. The van der Waals surface area contributed by atoms with E-state index in [2.05, 4.69) is 15.3 Å². The highest BCUT2D eigenvalue weighted by molar-refractivity contribution is 5.62. The number of nitrogens with zero attached hydrogens (tertiary/aromatic N) is 2. The van der Waals surface area contributed by atoms with Crippen molar-refractivity contribution < 1.29 is 8.78 Å². The molecule has 0 radical (unpaired) electrons. The summed E-state index contributed by atoms with van der Waals surface area (Å²) in [7, 11) is 0. The summed E-state index contributed by atoms with van der Waals surface area (Å²) >= 11 is 0. The minimum atomic E-state index is -2.64. The maximum absolute atomic E-state index is 13.4. The zero-order valence-corrected chi connectivity index (χ0v) is 13.5. The number of nitrogens with two attached hydrogens (primary N) is 1. The van der Waals surface area contributed by atoms with Gasteiger partial charge in [0.15, 0.2) is 0 Å². The predicted molar refractivity (Wildman–Crippen MR) is 90.9 cm³/mol. The van der Waals surface area contributed by atoms with Gasteiger partial charge in [-0.3, -0.25) is 4.98 Å². The second-order valence-corrected chi connectivity index (χ2v) is 6.44. The summed E-state index contributed by atoms with van der Waals surface area (Å²) in [5.74, 6) is 0. The number of nitrogens with one attached hydrogen (secondary N) is 1. The molecule has 3 N–H and O–H groups in total. The number of pyridine rings is 2. The van der Waals surface area contributed by atoms with Crippen LogP contribution in [0.25, 0.3) is 11.3 Å². The van der Waals surface area contributed by atoms with Gasteiger partial charge in [0, 0.05) is 30.0 Å². The zero-order chi connectivity index (χ0) is 17.0. The van der Waals surface area contributed by atoms with Gasteiger partial charge in [-0.1, -0.05) is 19.3 Å². The van der Waals surface area contributed by atoms with Crippen molar-refractivity contribution in [3.63, 3.8) is 0 Å². The Morgan fingerprint density at radius 2 is 1.79 bits per heavy atom. The van der Waals surface area contributed by atoms with Crippen LogP contribution in [0, 0.1) is 0 Å². The molecule has 2 heterocycles. The lowest BCUT2D eigenvalue weighted by molar-refractivity contribution is 0.147. The van der Waals surface area contributed by atoms with E-state index in [9.17, 15) is 8.78 Å². The molecule has 24 heavy (non-hydrogen) atoms. The second kappa shape index (κ2) is 7.21. The molecule has 0 spiro atoms. The Bertz CT molecular complexity index is 670. The number of anilines is 1. The van der Waals surface area contributed by atoms with Crippen LogP contribution in [0.15, 0.2) is 36.7 Å². The summed E-state index contributed by atoms with van der Waals surface area (Å²) in [6, 6.07) is 6.91. The molecule has 0 atom stereocenters. The number of rotatable bonds is 5. The molecular weight excluding hydrogens is 310 g/mol. The Kier molecular flexibility index (Phi) is 5.04. The van der Waals surface area contributed by atoms with Gasteiger partial charge in [-0.25, -0.2) is 13.8 Å². The van der Waals surface area contributed by atoms with Gasteiger partial charge in [-0.15, -0.1) is 0 Å². The van der Waals surface area contributed by atoms with E-state index in [0.717, 1.165) is 31.2 Å². The topological polar surface area (TPSA) is 63.8 Å². The first-order chi connectivity index (χ1) is 11.6. The van der Waals surface area contributed by atoms with E-state index in [1.807, 2.05) is 0 Å². The van der Waals surface area contributed by atoms with Crippen LogP contribution in [0.4, 0.5) is 14.5 Å². The van der Waals surface area contributed by atoms with Crippen molar-refractivity contribution in [2.24, 2.45) is 5.73 Å². The number of halogens is 2. The molecule has 2 aromatic rings. The van der Waals surface area contributed by atoms with Crippen molar-refractivity contribution in [3.8, 4) is 11.3 Å². The van der Waals surface area contributed by atoms with Gasteiger partial charge in [0.2, 0.25) is 0 Å². The summed E-state index contributed by atoms with van der Waals surface area (Å²) < 4.78 is 26.9. The summed E-state index contributed by atoms with van der Waals surface area (Å²) in [5, 5.41) is 3.10. The highest BCUT2D eigenvalue weighted by Gasteiger charge is 2.28. The van der Waals surface area contributed by atoms with Crippen molar-refractivity contribution in [1.29, 1.82) is 0 Å². The number of alkyl halides is 2. The van der Waals surface area contributed by atoms with Gasteiger partial charge < -0.3 is 11.1 Å². The first kappa shape index (κ1) is 16.8. The molecule has 128 valence electrons. The van der Waals surface area contributed by atoms with Gasteiger partial charge in [0.1, 0.15) is 5.69 Å². The van der Waals surface area contributed by atoms with E-state index in [0.29, 0.717) is 17.9 Å². The minimum absolute atomic E-state index is 0.233. The fourth-order valence-corrected chi connectivity index (χ4v) is 3.18. The van der Waals surface area contributed by atoms with Gasteiger partial charge in [-0.2, -0.15) is 0 Å². The predicted octanol–water partition coefficient (Wildman–Crippen LogP) is 4.15. The maximum atomic E-state index is 13.4. The normalized spacial score (nSPS) is 17.0. The van der Waals surface area contributed by atoms with E-state index in [-0.39, 0.29) is 11.2 Å². The van der Waals surface area contributed by atoms with Gasteiger partial charge >= 0.3 is 0 Å². The van der Waals surface area contributed by atoms with Crippen molar-refractivity contribution in [1.82, 2.24) is 9.97 Å². The van der Waals surface area contributed by atoms with Crippen molar-refractivity contribution in [2.75, 3.05) is 11.9 Å². The Morgan fingerprint density at radius 1 is 1.08 bits per heavy atom. The van der Waals surface area contributed by atoms with Crippen LogP contribution in [-0.4, -0.2) is 22.1 Å². The van der Waals surface area contributed by atoms with E-state index in [1.165, 1.54) is 6.42 Å². The van der Waals surface area contributed by atoms with Crippen LogP contribution in [0.5, 0.6) is 0 Å². The van der Waals surface area contributed by atoms with Crippen LogP contribution < -0.4 is 11.1 Å². The van der Waals surface area contributed by atoms with Crippen LogP contribution in [0.1, 0.15) is 44.2 Å². The minimum Gasteiger partial charge on any atom is -0.382 e. The van der Waals surface area contributed by atoms with Gasteiger partial charge in [0.25, 0.3) is 6.43 Å². The summed E-state index contributed by atoms with van der Waals surface area (Å²) in [5.41, 5.74) is 7.46. The van der Waals surface area contributed by atoms with Crippen molar-refractivity contribution in [3.05, 3.63) is 42.4 Å². The van der Waals surface area contributed by atoms with Crippen molar-refractivity contribution in [2.45, 2.75) is 44.1 Å². The Hall–Kier alpha value is -2.08. The lowest BCUT2D eigenvalue weighted by Crippen LogP contribution is -2.47. The molecule has 6 heteroatoms. The largest absolute Gasteiger partial charge is 0.382 e. The monoisotopic (exact) mass is 332 g/mol. The molecule has 1 aliphatic rings. The molecule has 1 aliphatic carbocycles. The van der Waals surface area contributed by atoms with Crippen LogP contribution in [-0.2, 0) is 0 Å². The van der Waals surface area contributed by atoms with E-state index >= 15 is 0 Å². The van der Waals surface area contributed by atoms with Crippen LogP contribution in [0.2, 0.25) is 0 Å². The summed E-state index contributed by atoms with van der Waals surface area (Å²) in [4.78, 5) is 8.08. The Morgan fingerprint density at radius 3 is 2.46 bits per heavy atom. The quantitative estimate of drug-likeness (QED) is 0.863. The molecule has 0 saturated heterocycles. The third-order valence-corrected chi connectivity index (χ3v) is 4.59. The number of hydrogen-bond acceptors (Lipinski definition) is 4. The number of hydrogen-bond donors (Lipinski definition) is 2. The van der Waals surface area contributed by atoms with E-state index < -0.39 is 6.43 Å². The standard InChI is InChI=1S/C18H22F2N4/c19-17(20)16-15(23-12-18(21)8-2-1-3-9-18)5-4-14(24-16)13-6-10-22-11-7-13/h4-7,10-11,17,23H,1-3,8-9,12,21H2. The molecule has 2 aromatic heterocycles. The molecule has 0 amide bonds. The molecule has 0 aromatic carbocycles. The summed E-state index contributed by atoms with van der Waals surface area (Å²) in [6.07, 6.45) is 5.83. The first-order valence-electron chi connectivity index (χ1n) is 8.30. The smallest absolute Gasteiger partial charge is 0.282 e. The molecule has 0 unspecified atom stereocenters. The lowest BCUT2D eigenvalue weighted by atomic mass is 9.82. The average molecular weight is 332 g/mol. The molecule has 0 aliphatic heterocycles. The third-order valence-electron chi connectivity index (χ3n) is 4.59. The molecule has 1 saturated carbocycles. The second-order valence-electron chi connectivity index (χ2n) is 6.44. The highest BCUT2D eigenvalue weighted by atomic mass is 19.3. The third kappa shape index (κ3) is 3.87. The maximum Gasteiger partial charge on any atom is 0.282 e. The Balaban J connectivity index is 1.80. The zero-order valence-electron chi connectivity index (χ0n) is 13.5. The highest BCUT2D eigenvalue weighted by Crippen LogP contribution is 2.31. The molecule has 1 fully saturated rings. The van der Waals surface area contributed by atoms with Gasteiger partial charge in [-0.05, 0) is 37.1 Å². The average Bonchev–Trinajstić information content (AvgIpc) is 2.61. The van der Waals surface area contributed by atoms with Crippen LogP contribution >= 0.6 is 0 Å². The molecule has 3 rings (SSSR count).